The van der Waals surface area contributed by atoms with Crippen LogP contribution < -0.4 is 0 Å². The predicted octanol–water partition coefficient (Wildman–Crippen LogP) is 1.55. The first kappa shape index (κ1) is 18.6. The second-order valence-electron chi connectivity index (χ2n) is 3.26. The van der Waals surface area contributed by atoms with Crippen LogP contribution >= 0.6 is 0 Å². The van der Waals surface area contributed by atoms with Crippen molar-refractivity contribution in [2.45, 2.75) is 59.7 Å². The molecule has 0 heterocycles. The van der Waals surface area contributed by atoms with Gasteiger partial charge in [-0.25, -0.2) is 0 Å². The molecular formula is C10H26O3. The minimum Gasteiger partial charge on any atom is -0.396 e. The van der Waals surface area contributed by atoms with Gasteiger partial charge in [-0.05, 0) is 34.1 Å². The summed E-state index contributed by atoms with van der Waals surface area (Å²) in [5.41, 5.74) is 0. The summed E-state index contributed by atoms with van der Waals surface area (Å²) in [6, 6.07) is 0. The zero-order valence-electron chi connectivity index (χ0n) is 9.62. The second-order valence-corrected chi connectivity index (χ2v) is 3.26. The van der Waals surface area contributed by atoms with Crippen molar-refractivity contribution in [2.75, 3.05) is 6.61 Å². The van der Waals surface area contributed by atoms with E-state index in [1.807, 2.05) is 0 Å². The molecule has 0 atom stereocenters. The molecule has 0 aromatic rings. The van der Waals surface area contributed by atoms with Gasteiger partial charge in [-0.3, -0.25) is 0 Å². The highest BCUT2D eigenvalue weighted by Crippen LogP contribution is 1.78. The molecule has 0 unspecified atom stereocenters. The van der Waals surface area contributed by atoms with Crippen LogP contribution in [0.3, 0.4) is 0 Å². The molecule has 0 rings (SSSR count). The van der Waals surface area contributed by atoms with Crippen LogP contribution in [-0.4, -0.2) is 34.1 Å². The van der Waals surface area contributed by atoms with Gasteiger partial charge < -0.3 is 15.3 Å². The molecule has 84 valence electrons. The molecule has 0 saturated carbocycles. The van der Waals surface area contributed by atoms with E-state index in [-0.39, 0.29) is 12.2 Å². The largest absolute Gasteiger partial charge is 0.396 e. The lowest BCUT2D eigenvalue weighted by Gasteiger charge is -1.80. The summed E-state index contributed by atoms with van der Waals surface area (Å²) >= 11 is 0. The molecular weight excluding hydrogens is 168 g/mol. The number of rotatable bonds is 2. The van der Waals surface area contributed by atoms with Crippen molar-refractivity contribution in [1.29, 1.82) is 0 Å². The van der Waals surface area contributed by atoms with Gasteiger partial charge in [0.25, 0.3) is 0 Å². The van der Waals surface area contributed by atoms with Crippen molar-refractivity contribution in [3.63, 3.8) is 0 Å². The summed E-state index contributed by atoms with van der Waals surface area (Å²) in [7, 11) is 0. The van der Waals surface area contributed by atoms with Gasteiger partial charge in [0.2, 0.25) is 0 Å². The van der Waals surface area contributed by atoms with E-state index in [0.717, 1.165) is 12.8 Å². The second kappa shape index (κ2) is 17.8. The van der Waals surface area contributed by atoms with Gasteiger partial charge in [0, 0.05) is 18.8 Å². The molecule has 0 saturated heterocycles. The zero-order valence-corrected chi connectivity index (χ0v) is 9.62. The Bertz CT molecular complexity index is 49.7. The highest BCUT2D eigenvalue weighted by atomic mass is 16.3. The maximum Gasteiger partial charge on any atom is 0.0483 e. The van der Waals surface area contributed by atoms with Crippen molar-refractivity contribution < 1.29 is 15.3 Å². The van der Waals surface area contributed by atoms with Crippen molar-refractivity contribution in [3.05, 3.63) is 0 Å². The average Bonchev–Trinajstić information content (AvgIpc) is 1.86. The van der Waals surface area contributed by atoms with Gasteiger partial charge in [-0.15, -0.1) is 0 Å². The van der Waals surface area contributed by atoms with Gasteiger partial charge in [-0.1, -0.05) is 13.3 Å². The molecule has 13 heavy (non-hydrogen) atoms. The molecule has 0 spiro atoms. The number of hydrogen-bond donors (Lipinski definition) is 3. The Hall–Kier alpha value is -0.120. The van der Waals surface area contributed by atoms with E-state index in [1.165, 1.54) is 0 Å². The molecule has 3 nitrogen and oxygen atoms in total. The summed E-state index contributed by atoms with van der Waals surface area (Å²) in [6.45, 7) is 9.28. The molecule has 0 aliphatic rings. The third-order valence-corrected chi connectivity index (χ3v) is 0.512. The van der Waals surface area contributed by atoms with Crippen LogP contribution in [0.25, 0.3) is 0 Å². The number of hydrogen-bond acceptors (Lipinski definition) is 3. The fraction of sp³-hybridized carbons (Fsp3) is 1.00. The lowest BCUT2D eigenvalue weighted by Crippen LogP contribution is -1.85. The van der Waals surface area contributed by atoms with E-state index >= 15 is 0 Å². The summed E-state index contributed by atoms with van der Waals surface area (Å²) in [6.07, 6.45) is 1.70. The standard InChI is InChI=1S/C4H10O.2C3H8O/c1-2-3-4-5;2*1-3(2)4/h5H,2-4H2,1H3;2*3-4H,1-2H3. The Kier molecular flexibility index (Phi) is 25.5. The minimum absolute atomic E-state index is 0.167. The van der Waals surface area contributed by atoms with E-state index in [1.54, 1.807) is 27.7 Å². The molecule has 0 amide bonds. The first-order chi connectivity index (χ1) is 5.88. The van der Waals surface area contributed by atoms with Crippen molar-refractivity contribution in [3.8, 4) is 0 Å². The molecule has 0 fully saturated rings. The fourth-order valence-electron chi connectivity index (χ4n) is 0.158. The van der Waals surface area contributed by atoms with Crippen LogP contribution in [0, 0.1) is 0 Å². The first-order valence-electron chi connectivity index (χ1n) is 4.85. The van der Waals surface area contributed by atoms with E-state index in [4.69, 9.17) is 15.3 Å². The van der Waals surface area contributed by atoms with Gasteiger partial charge in [0.15, 0.2) is 0 Å². The molecule has 3 heteroatoms. The third kappa shape index (κ3) is 328. The Labute approximate surface area is 82.4 Å². The fourth-order valence-corrected chi connectivity index (χ4v) is 0.158. The van der Waals surface area contributed by atoms with Crippen molar-refractivity contribution in [1.82, 2.24) is 0 Å². The monoisotopic (exact) mass is 194 g/mol. The topological polar surface area (TPSA) is 60.7 Å². The lowest BCUT2D eigenvalue weighted by atomic mass is 10.4. The third-order valence-electron chi connectivity index (χ3n) is 0.512. The molecule has 0 bridgehead atoms. The summed E-state index contributed by atoms with van der Waals surface area (Å²) in [5, 5.41) is 24.2. The number of unbranched alkanes of at least 4 members (excludes halogenated alkanes) is 1. The van der Waals surface area contributed by atoms with Gasteiger partial charge in [0.1, 0.15) is 0 Å². The average molecular weight is 194 g/mol. The zero-order chi connectivity index (χ0) is 11.3. The van der Waals surface area contributed by atoms with Gasteiger partial charge >= 0.3 is 0 Å². The van der Waals surface area contributed by atoms with Gasteiger partial charge in [0.05, 0.1) is 0 Å². The Morgan fingerprint density at radius 1 is 0.923 bits per heavy atom. The lowest BCUT2D eigenvalue weighted by molar-refractivity contribution is 0.215. The van der Waals surface area contributed by atoms with E-state index in [2.05, 4.69) is 6.92 Å². The summed E-state index contributed by atoms with van der Waals surface area (Å²) in [4.78, 5) is 0. The predicted molar refractivity (Wildman–Crippen MR) is 56.7 cm³/mol. The first-order valence-corrected chi connectivity index (χ1v) is 4.85. The van der Waals surface area contributed by atoms with Gasteiger partial charge in [-0.2, -0.15) is 0 Å². The number of aliphatic hydroxyl groups is 3. The highest BCUT2D eigenvalue weighted by Gasteiger charge is 1.70. The Morgan fingerprint density at radius 2 is 1.15 bits per heavy atom. The molecule has 0 aromatic carbocycles. The molecule has 3 N–H and O–H groups in total. The van der Waals surface area contributed by atoms with Crippen LogP contribution in [0.1, 0.15) is 47.5 Å². The normalized spacial score (nSPS) is 8.77. The van der Waals surface area contributed by atoms with Crippen LogP contribution in [0.5, 0.6) is 0 Å². The van der Waals surface area contributed by atoms with Crippen LogP contribution in [0.15, 0.2) is 0 Å². The minimum atomic E-state index is -0.167. The summed E-state index contributed by atoms with van der Waals surface area (Å²) < 4.78 is 0. The maximum absolute atomic E-state index is 8.07. The van der Waals surface area contributed by atoms with Crippen LogP contribution in [0.4, 0.5) is 0 Å². The van der Waals surface area contributed by atoms with Crippen LogP contribution in [-0.2, 0) is 0 Å². The number of aliphatic hydroxyl groups excluding tert-OH is 3. The summed E-state index contributed by atoms with van der Waals surface area (Å²) in [5.74, 6) is 0. The van der Waals surface area contributed by atoms with Crippen molar-refractivity contribution >= 4 is 0 Å². The SMILES string of the molecule is CC(C)O.CC(C)O.CCCCO. The highest BCUT2D eigenvalue weighted by molar-refractivity contribution is 4.23. The van der Waals surface area contributed by atoms with E-state index in [0.29, 0.717) is 6.61 Å². The smallest absolute Gasteiger partial charge is 0.0483 e. The molecule has 0 aliphatic carbocycles. The quantitative estimate of drug-likeness (QED) is 0.625. The molecule has 0 radical (unpaired) electrons. The molecule has 0 aromatic heterocycles. The molecule has 0 aliphatic heterocycles. The van der Waals surface area contributed by atoms with Crippen molar-refractivity contribution in [2.24, 2.45) is 0 Å². The van der Waals surface area contributed by atoms with Crippen LogP contribution in [0.2, 0.25) is 0 Å². The Morgan fingerprint density at radius 3 is 1.15 bits per heavy atom. The maximum atomic E-state index is 8.07. The van der Waals surface area contributed by atoms with E-state index in [9.17, 15) is 0 Å². The van der Waals surface area contributed by atoms with E-state index < -0.39 is 0 Å². The Balaban J connectivity index is -0.000000117.